The van der Waals surface area contributed by atoms with Crippen LogP contribution in [-0.4, -0.2) is 22.5 Å². The van der Waals surface area contributed by atoms with Crippen molar-refractivity contribution in [2.75, 3.05) is 6.54 Å². The highest BCUT2D eigenvalue weighted by Gasteiger charge is 2.26. The minimum atomic E-state index is -0.416. The Morgan fingerprint density at radius 3 is 3.10 bits per heavy atom. The fourth-order valence-corrected chi connectivity index (χ4v) is 2.41. The molecule has 1 aromatic carbocycles. The Hall–Kier alpha value is -2.21. The molecule has 6 heteroatoms. The normalized spacial score (nSPS) is 14.2. The summed E-state index contributed by atoms with van der Waals surface area (Å²) in [7, 11) is 0. The first-order chi connectivity index (χ1) is 9.69. The van der Waals surface area contributed by atoms with Crippen molar-refractivity contribution in [3.63, 3.8) is 0 Å². The Morgan fingerprint density at radius 1 is 1.50 bits per heavy atom. The van der Waals surface area contributed by atoms with E-state index >= 15 is 0 Å². The average Bonchev–Trinajstić information content (AvgIpc) is 2.88. The molecule has 5 nitrogen and oxygen atoms in total. The maximum Gasteiger partial charge on any atom is 0.254 e. The van der Waals surface area contributed by atoms with Gasteiger partial charge >= 0.3 is 0 Å². The van der Waals surface area contributed by atoms with Gasteiger partial charge in [-0.25, -0.2) is 4.39 Å². The minimum absolute atomic E-state index is 0.195. The molecule has 0 saturated heterocycles. The van der Waals surface area contributed by atoms with E-state index in [1.165, 1.54) is 18.2 Å². The Balaban J connectivity index is 1.84. The van der Waals surface area contributed by atoms with Gasteiger partial charge in [-0.05, 0) is 18.2 Å². The lowest BCUT2D eigenvalue weighted by Crippen LogP contribution is -2.36. The molecule has 0 fully saturated rings. The zero-order chi connectivity index (χ0) is 14.1. The van der Waals surface area contributed by atoms with E-state index < -0.39 is 5.82 Å². The van der Waals surface area contributed by atoms with Crippen molar-refractivity contribution in [1.82, 2.24) is 10.1 Å². The van der Waals surface area contributed by atoms with Crippen molar-refractivity contribution >= 4 is 5.91 Å². The molecular formula is C14H14FN3O2. The summed E-state index contributed by atoms with van der Waals surface area (Å²) < 4.78 is 18.3. The van der Waals surface area contributed by atoms with E-state index in [0.29, 0.717) is 30.8 Å². The molecule has 3 rings (SSSR count). The maximum absolute atomic E-state index is 13.2. The van der Waals surface area contributed by atoms with E-state index in [1.54, 1.807) is 11.0 Å². The van der Waals surface area contributed by atoms with Crippen LogP contribution >= 0.6 is 0 Å². The van der Waals surface area contributed by atoms with E-state index in [4.69, 9.17) is 10.3 Å². The zero-order valence-corrected chi connectivity index (χ0v) is 10.8. The molecule has 104 valence electrons. The Kier molecular flexibility index (Phi) is 3.23. The van der Waals surface area contributed by atoms with Gasteiger partial charge in [0, 0.05) is 24.1 Å². The van der Waals surface area contributed by atoms with E-state index in [1.807, 2.05) is 0 Å². The van der Waals surface area contributed by atoms with Gasteiger partial charge in [0.2, 0.25) is 0 Å². The van der Waals surface area contributed by atoms with Crippen LogP contribution in [0.1, 0.15) is 27.4 Å². The van der Waals surface area contributed by atoms with Gasteiger partial charge in [-0.15, -0.1) is 0 Å². The third-order valence-electron chi connectivity index (χ3n) is 3.46. The van der Waals surface area contributed by atoms with Gasteiger partial charge in [-0.3, -0.25) is 4.79 Å². The summed E-state index contributed by atoms with van der Waals surface area (Å²) in [6.07, 6.45) is 0.625. The Bertz CT molecular complexity index is 640. The second-order valence-corrected chi connectivity index (χ2v) is 4.72. The first-order valence-electron chi connectivity index (χ1n) is 6.40. The lowest BCUT2D eigenvalue weighted by atomic mass is 10.0. The van der Waals surface area contributed by atoms with Crippen LogP contribution in [0.2, 0.25) is 0 Å². The van der Waals surface area contributed by atoms with Gasteiger partial charge < -0.3 is 15.2 Å². The molecule has 20 heavy (non-hydrogen) atoms. The molecule has 0 saturated carbocycles. The summed E-state index contributed by atoms with van der Waals surface area (Å²) >= 11 is 0. The van der Waals surface area contributed by atoms with Gasteiger partial charge in [-0.1, -0.05) is 11.2 Å². The molecule has 0 spiro atoms. The summed E-state index contributed by atoms with van der Waals surface area (Å²) in [5.41, 5.74) is 7.66. The first kappa shape index (κ1) is 12.8. The molecule has 2 N–H and O–H groups in total. The molecular weight excluding hydrogens is 261 g/mol. The minimum Gasteiger partial charge on any atom is -0.359 e. The predicted molar refractivity (Wildman–Crippen MR) is 69.2 cm³/mol. The fraction of sp³-hybridized carbons (Fsp3) is 0.286. The number of nitrogens with zero attached hydrogens (tertiary/aromatic N) is 2. The van der Waals surface area contributed by atoms with Crippen molar-refractivity contribution < 1.29 is 13.7 Å². The summed E-state index contributed by atoms with van der Waals surface area (Å²) in [6, 6.07) is 5.70. The second-order valence-electron chi connectivity index (χ2n) is 4.72. The average molecular weight is 275 g/mol. The highest BCUT2D eigenvalue weighted by molar-refractivity contribution is 5.94. The number of amides is 1. The number of benzene rings is 1. The van der Waals surface area contributed by atoms with Crippen molar-refractivity contribution in [2.24, 2.45) is 5.73 Å². The molecule has 0 unspecified atom stereocenters. The maximum atomic E-state index is 13.2. The van der Waals surface area contributed by atoms with E-state index in [9.17, 15) is 9.18 Å². The van der Waals surface area contributed by atoms with Crippen LogP contribution < -0.4 is 5.73 Å². The molecule has 1 amide bonds. The number of carbonyl (C=O) groups is 1. The number of nitrogens with two attached hydrogens (primary N) is 1. The highest BCUT2D eigenvalue weighted by Crippen LogP contribution is 2.23. The number of aromatic nitrogens is 1. The van der Waals surface area contributed by atoms with Crippen LogP contribution in [0.5, 0.6) is 0 Å². The van der Waals surface area contributed by atoms with Gasteiger partial charge in [0.05, 0.1) is 18.8 Å². The highest BCUT2D eigenvalue weighted by atomic mass is 19.1. The topological polar surface area (TPSA) is 72.4 Å². The fourth-order valence-electron chi connectivity index (χ4n) is 2.41. The smallest absolute Gasteiger partial charge is 0.254 e. The Morgan fingerprint density at radius 2 is 2.35 bits per heavy atom. The molecule has 1 aliphatic rings. The zero-order valence-electron chi connectivity index (χ0n) is 10.8. The van der Waals surface area contributed by atoms with Crippen molar-refractivity contribution in [2.45, 2.75) is 19.5 Å². The monoisotopic (exact) mass is 275 g/mol. The third kappa shape index (κ3) is 2.18. The number of halogens is 1. The quantitative estimate of drug-likeness (QED) is 0.900. The van der Waals surface area contributed by atoms with Crippen LogP contribution in [0, 0.1) is 5.82 Å². The lowest BCUT2D eigenvalue weighted by molar-refractivity contribution is 0.0733. The van der Waals surface area contributed by atoms with E-state index in [2.05, 4.69) is 5.16 Å². The molecule has 0 radical (unpaired) electrons. The summed E-state index contributed by atoms with van der Waals surface area (Å²) in [5.74, 6) is -0.00256. The van der Waals surface area contributed by atoms with Crippen LogP contribution in [0.25, 0.3) is 0 Å². The number of fused-ring (bicyclic) bond motifs is 1. The van der Waals surface area contributed by atoms with E-state index in [-0.39, 0.29) is 12.5 Å². The summed E-state index contributed by atoms with van der Waals surface area (Å²) in [6.45, 7) is 1.20. The van der Waals surface area contributed by atoms with Gasteiger partial charge in [-0.2, -0.15) is 0 Å². The van der Waals surface area contributed by atoms with Gasteiger partial charge in [0.1, 0.15) is 5.82 Å². The van der Waals surface area contributed by atoms with Crippen molar-refractivity contribution in [3.05, 3.63) is 52.7 Å². The molecule has 1 aliphatic heterocycles. The van der Waals surface area contributed by atoms with Crippen molar-refractivity contribution in [3.8, 4) is 0 Å². The molecule has 2 aromatic rings. The SMILES string of the molecule is NCc1onc2c1CN(C(=O)c1cccc(F)c1)CC2. The number of rotatable bonds is 2. The van der Waals surface area contributed by atoms with Crippen LogP contribution in [-0.2, 0) is 19.5 Å². The van der Waals surface area contributed by atoms with Gasteiger partial charge in [0.15, 0.2) is 5.76 Å². The molecule has 2 heterocycles. The summed E-state index contributed by atoms with van der Waals surface area (Å²) in [5, 5.41) is 3.96. The standard InChI is InChI=1S/C14H14FN3O2/c15-10-3-1-2-9(6-10)14(19)18-5-4-12-11(8-18)13(7-16)20-17-12/h1-3,6H,4-5,7-8,16H2. The predicted octanol–water partition coefficient (Wildman–Crippen LogP) is 1.47. The molecule has 0 aliphatic carbocycles. The van der Waals surface area contributed by atoms with Crippen LogP contribution in [0.4, 0.5) is 4.39 Å². The Labute approximate surface area is 115 Å². The van der Waals surface area contributed by atoms with Crippen LogP contribution in [0.3, 0.4) is 0 Å². The second kappa shape index (κ2) is 5.05. The summed E-state index contributed by atoms with van der Waals surface area (Å²) in [4.78, 5) is 14.0. The molecule has 1 aromatic heterocycles. The third-order valence-corrected chi connectivity index (χ3v) is 3.46. The number of carbonyl (C=O) groups excluding carboxylic acids is 1. The van der Waals surface area contributed by atoms with Crippen LogP contribution in [0.15, 0.2) is 28.8 Å². The number of hydrogen-bond acceptors (Lipinski definition) is 4. The first-order valence-corrected chi connectivity index (χ1v) is 6.40. The van der Waals surface area contributed by atoms with E-state index in [0.717, 1.165) is 11.3 Å². The molecule has 0 bridgehead atoms. The van der Waals surface area contributed by atoms with Gasteiger partial charge in [0.25, 0.3) is 5.91 Å². The molecule has 0 atom stereocenters. The number of hydrogen-bond donors (Lipinski definition) is 1. The largest absolute Gasteiger partial charge is 0.359 e. The lowest BCUT2D eigenvalue weighted by Gasteiger charge is -2.26. The van der Waals surface area contributed by atoms with Crippen molar-refractivity contribution in [1.29, 1.82) is 0 Å².